The van der Waals surface area contributed by atoms with E-state index in [-0.39, 0.29) is 17.5 Å². The summed E-state index contributed by atoms with van der Waals surface area (Å²) in [5.41, 5.74) is 1.73. The fraction of sp³-hybridized carbons (Fsp3) is 0.364. The Hall–Kier alpha value is -3.86. The number of nitrogens with zero attached hydrogens (tertiary/aromatic N) is 6. The monoisotopic (exact) mass is 451 g/mol. The zero-order chi connectivity index (χ0) is 23.5. The number of fused-ring (bicyclic) bond motifs is 1. The van der Waals surface area contributed by atoms with Crippen molar-refractivity contribution in [3.8, 4) is 17.0 Å². The van der Waals surface area contributed by atoms with Crippen LogP contribution in [0.5, 0.6) is 5.88 Å². The van der Waals surface area contributed by atoms with Crippen LogP contribution in [0.25, 0.3) is 22.0 Å². The number of benzene rings is 1. The van der Waals surface area contributed by atoms with E-state index in [2.05, 4.69) is 25.2 Å². The topological polar surface area (TPSA) is 127 Å². The van der Waals surface area contributed by atoms with Crippen molar-refractivity contribution in [2.45, 2.75) is 13.0 Å². The van der Waals surface area contributed by atoms with Crippen LogP contribution in [-0.4, -0.2) is 82.0 Å². The van der Waals surface area contributed by atoms with Gasteiger partial charge in [-0.25, -0.2) is 15.0 Å². The summed E-state index contributed by atoms with van der Waals surface area (Å²) in [6.07, 6.45) is 2.96. The molecule has 3 heterocycles. The van der Waals surface area contributed by atoms with Crippen molar-refractivity contribution in [2.24, 2.45) is 0 Å². The molecule has 4 rings (SSSR count). The number of hydrogen-bond acceptors (Lipinski definition) is 9. The van der Waals surface area contributed by atoms with Crippen molar-refractivity contribution in [1.29, 1.82) is 0 Å². The maximum atomic E-state index is 12.9. The number of aromatic nitrogens is 3. The Bertz CT molecular complexity index is 1190. The van der Waals surface area contributed by atoms with Gasteiger partial charge < -0.3 is 19.9 Å². The highest BCUT2D eigenvalue weighted by atomic mass is 16.6. The molecule has 1 aliphatic heterocycles. The minimum atomic E-state index is -0.530. The van der Waals surface area contributed by atoms with Gasteiger partial charge >= 0.3 is 5.69 Å². The largest absolute Gasteiger partial charge is 0.476 e. The molecule has 0 unspecified atom stereocenters. The highest BCUT2D eigenvalue weighted by molar-refractivity contribution is 5.94. The Kier molecular flexibility index (Phi) is 6.31. The molecule has 1 amide bonds. The molecule has 0 saturated carbocycles. The van der Waals surface area contributed by atoms with Crippen LogP contribution in [0.3, 0.4) is 0 Å². The maximum Gasteiger partial charge on any atom is 0.331 e. The van der Waals surface area contributed by atoms with Crippen LogP contribution in [-0.2, 0) is 4.79 Å². The van der Waals surface area contributed by atoms with E-state index in [9.17, 15) is 14.9 Å². The van der Waals surface area contributed by atoms with Crippen LogP contribution in [0.1, 0.15) is 6.92 Å². The summed E-state index contributed by atoms with van der Waals surface area (Å²) in [6.45, 7) is 4.90. The number of piperazine rings is 1. The van der Waals surface area contributed by atoms with E-state index in [1.165, 1.54) is 25.7 Å². The van der Waals surface area contributed by atoms with Crippen molar-refractivity contribution in [3.63, 3.8) is 0 Å². The van der Waals surface area contributed by atoms with E-state index in [4.69, 9.17) is 4.74 Å². The molecule has 1 N–H and O–H groups in total. The number of pyridine rings is 1. The average Bonchev–Trinajstić information content (AvgIpc) is 2.83. The molecule has 3 aromatic rings. The molecule has 1 saturated heterocycles. The number of amides is 1. The van der Waals surface area contributed by atoms with Crippen molar-refractivity contribution >= 4 is 28.3 Å². The third-order valence-corrected chi connectivity index (χ3v) is 5.73. The summed E-state index contributed by atoms with van der Waals surface area (Å²) in [5, 5.41) is 15.3. The fourth-order valence-electron chi connectivity index (χ4n) is 3.81. The lowest BCUT2D eigenvalue weighted by Gasteiger charge is -2.34. The first-order valence-electron chi connectivity index (χ1n) is 10.5. The number of ether oxygens (including phenoxy) is 1. The summed E-state index contributed by atoms with van der Waals surface area (Å²) in [4.78, 5) is 40.5. The highest BCUT2D eigenvalue weighted by Gasteiger charge is 2.24. The number of rotatable bonds is 6. The average molecular weight is 451 g/mol. The zero-order valence-corrected chi connectivity index (χ0v) is 18.7. The normalized spacial score (nSPS) is 15.3. The molecular formula is C22H25N7O4. The molecule has 1 aromatic carbocycles. The Morgan fingerprint density at radius 3 is 2.61 bits per heavy atom. The number of carbonyl (C=O) groups excluding carboxylic acids is 1. The molecule has 0 bridgehead atoms. The van der Waals surface area contributed by atoms with Gasteiger partial charge in [-0.05, 0) is 31.7 Å². The van der Waals surface area contributed by atoms with Gasteiger partial charge in [0, 0.05) is 49.4 Å². The Morgan fingerprint density at radius 2 is 1.91 bits per heavy atom. The van der Waals surface area contributed by atoms with Gasteiger partial charge in [0.05, 0.1) is 17.5 Å². The third-order valence-electron chi connectivity index (χ3n) is 5.73. The van der Waals surface area contributed by atoms with Crippen LogP contribution in [0.2, 0.25) is 0 Å². The van der Waals surface area contributed by atoms with Gasteiger partial charge in [-0.2, -0.15) is 0 Å². The van der Waals surface area contributed by atoms with Gasteiger partial charge in [0.1, 0.15) is 18.2 Å². The summed E-state index contributed by atoms with van der Waals surface area (Å²) in [6, 6.07) is 6.39. The number of likely N-dealkylation sites (N-methyl/N-ethyl adjacent to an activating group) is 1. The smallest absolute Gasteiger partial charge is 0.331 e. The van der Waals surface area contributed by atoms with Gasteiger partial charge in [-0.15, -0.1) is 0 Å². The summed E-state index contributed by atoms with van der Waals surface area (Å²) in [7, 11) is 3.38. The van der Waals surface area contributed by atoms with Crippen molar-refractivity contribution in [3.05, 3.63) is 46.9 Å². The lowest BCUT2D eigenvalue weighted by Crippen LogP contribution is -2.51. The molecule has 2 aromatic heterocycles. The van der Waals surface area contributed by atoms with Gasteiger partial charge in [-0.1, -0.05) is 6.07 Å². The van der Waals surface area contributed by atoms with Crippen LogP contribution < -0.4 is 10.1 Å². The predicted molar refractivity (Wildman–Crippen MR) is 123 cm³/mol. The SMILES string of the molecule is COc1ncc(-c2ccc3ncnc(N[C@@H](C)C(=O)N4CCN(C)CC4)c3c2)cc1[N+](=O)[O-]. The highest BCUT2D eigenvalue weighted by Crippen LogP contribution is 2.32. The van der Waals surface area contributed by atoms with Crippen LogP contribution in [0.4, 0.5) is 11.5 Å². The molecule has 1 aliphatic rings. The summed E-state index contributed by atoms with van der Waals surface area (Å²) in [5.74, 6) is 0.486. The van der Waals surface area contributed by atoms with Gasteiger partial charge in [0.15, 0.2) is 0 Å². The molecule has 0 aliphatic carbocycles. The van der Waals surface area contributed by atoms with Gasteiger partial charge in [0.2, 0.25) is 5.91 Å². The van der Waals surface area contributed by atoms with Crippen molar-refractivity contribution < 1.29 is 14.5 Å². The van der Waals surface area contributed by atoms with E-state index in [1.807, 2.05) is 31.0 Å². The minimum Gasteiger partial charge on any atom is -0.476 e. The molecular weight excluding hydrogens is 426 g/mol. The van der Waals surface area contributed by atoms with Crippen LogP contribution >= 0.6 is 0 Å². The first-order valence-corrected chi connectivity index (χ1v) is 10.5. The van der Waals surface area contributed by atoms with Gasteiger partial charge in [-0.3, -0.25) is 14.9 Å². The van der Waals surface area contributed by atoms with Gasteiger partial charge in [0.25, 0.3) is 5.88 Å². The molecule has 11 nitrogen and oxygen atoms in total. The Labute approximate surface area is 190 Å². The second kappa shape index (κ2) is 9.33. The molecule has 172 valence electrons. The number of hydrogen-bond donors (Lipinski definition) is 1. The quantitative estimate of drug-likeness (QED) is 0.443. The van der Waals surface area contributed by atoms with E-state index >= 15 is 0 Å². The van der Waals surface area contributed by atoms with Crippen LogP contribution in [0, 0.1) is 10.1 Å². The zero-order valence-electron chi connectivity index (χ0n) is 18.7. The first kappa shape index (κ1) is 22.3. The number of methoxy groups -OCH3 is 1. The van der Waals surface area contributed by atoms with E-state index in [0.717, 1.165) is 13.1 Å². The Balaban J connectivity index is 1.63. The number of nitro groups is 1. The van der Waals surface area contributed by atoms with Crippen molar-refractivity contribution in [2.75, 3.05) is 45.7 Å². The summed E-state index contributed by atoms with van der Waals surface area (Å²) >= 11 is 0. The molecule has 33 heavy (non-hydrogen) atoms. The second-order valence-electron chi connectivity index (χ2n) is 7.96. The molecule has 1 fully saturated rings. The molecule has 1 atom stereocenters. The fourth-order valence-corrected chi connectivity index (χ4v) is 3.81. The van der Waals surface area contributed by atoms with E-state index < -0.39 is 11.0 Å². The predicted octanol–water partition coefficient (Wildman–Crippen LogP) is 2.18. The third kappa shape index (κ3) is 4.67. The van der Waals surface area contributed by atoms with Crippen molar-refractivity contribution in [1.82, 2.24) is 24.8 Å². The lowest BCUT2D eigenvalue weighted by atomic mass is 10.0. The molecule has 11 heteroatoms. The Morgan fingerprint density at radius 1 is 1.15 bits per heavy atom. The van der Waals surface area contributed by atoms with Crippen LogP contribution in [0.15, 0.2) is 36.8 Å². The number of carbonyl (C=O) groups is 1. The molecule has 0 radical (unpaired) electrons. The summed E-state index contributed by atoms with van der Waals surface area (Å²) < 4.78 is 4.99. The van der Waals surface area contributed by atoms with E-state index in [1.54, 1.807) is 6.07 Å². The second-order valence-corrected chi connectivity index (χ2v) is 7.96. The standard InChI is InChI=1S/C22H25N7O4/c1-14(22(30)28-8-6-27(2)7-9-28)26-20-17-10-15(4-5-18(17)24-13-25-20)16-11-19(29(31)32)21(33-3)23-12-16/h4-5,10-14H,6-9H2,1-3H3,(H,24,25,26)/t14-/m0/s1. The lowest BCUT2D eigenvalue weighted by molar-refractivity contribution is -0.386. The van der Waals surface area contributed by atoms with E-state index in [0.29, 0.717) is 40.9 Å². The number of anilines is 1. The first-order chi connectivity index (χ1) is 15.9. The molecule has 0 spiro atoms. The minimum absolute atomic E-state index is 0.0148. The number of nitrogens with one attached hydrogen (secondary N) is 1. The maximum absolute atomic E-state index is 12.9.